The van der Waals surface area contributed by atoms with Gasteiger partial charge in [0.05, 0.1) is 37.5 Å². The van der Waals surface area contributed by atoms with Crippen molar-refractivity contribution in [2.24, 2.45) is 0 Å². The fraction of sp³-hybridized carbons (Fsp3) is 0.259. The van der Waals surface area contributed by atoms with Crippen LogP contribution in [-0.4, -0.2) is 42.8 Å². The van der Waals surface area contributed by atoms with E-state index >= 15 is 0 Å². The van der Waals surface area contributed by atoms with Crippen LogP contribution < -0.4 is 19.1 Å². The number of carbonyl (C=O) groups is 1. The van der Waals surface area contributed by atoms with Crippen LogP contribution in [0.2, 0.25) is 5.02 Å². The first-order valence-corrected chi connectivity index (χ1v) is 11.8. The molecular weight excluding hydrogens is 466 g/mol. The molecule has 0 spiro atoms. The molecule has 35 heavy (non-hydrogen) atoms. The van der Waals surface area contributed by atoms with Gasteiger partial charge in [-0.3, -0.25) is 4.79 Å². The number of anilines is 1. The Kier molecular flexibility index (Phi) is 6.51. The van der Waals surface area contributed by atoms with Crippen LogP contribution in [0.15, 0.2) is 66.7 Å². The zero-order valence-corrected chi connectivity index (χ0v) is 20.4. The number of amides is 1. The highest BCUT2D eigenvalue weighted by Gasteiger charge is 2.36. The number of fused-ring (bicyclic) bond motifs is 1. The molecule has 1 aliphatic heterocycles. The zero-order valence-electron chi connectivity index (χ0n) is 19.6. The van der Waals surface area contributed by atoms with Gasteiger partial charge in [-0.1, -0.05) is 23.7 Å². The summed E-state index contributed by atoms with van der Waals surface area (Å²) in [6.45, 7) is 1.57. The van der Waals surface area contributed by atoms with Crippen LogP contribution in [0.1, 0.15) is 18.2 Å². The van der Waals surface area contributed by atoms with Gasteiger partial charge >= 0.3 is 0 Å². The molecule has 7 nitrogen and oxygen atoms in total. The van der Waals surface area contributed by atoms with Crippen molar-refractivity contribution in [3.05, 3.63) is 77.6 Å². The van der Waals surface area contributed by atoms with Crippen molar-refractivity contribution in [3.63, 3.8) is 0 Å². The van der Waals surface area contributed by atoms with Gasteiger partial charge in [0.25, 0.3) is 0 Å². The number of halogens is 1. The van der Waals surface area contributed by atoms with Crippen LogP contribution in [0.4, 0.5) is 5.69 Å². The minimum Gasteiger partial charge on any atom is -0.497 e. The summed E-state index contributed by atoms with van der Waals surface area (Å²) in [7, 11) is 3.21. The topological polar surface area (TPSA) is 65.8 Å². The molecule has 1 atom stereocenters. The molecule has 1 unspecified atom stereocenters. The van der Waals surface area contributed by atoms with E-state index in [2.05, 4.69) is 4.57 Å². The van der Waals surface area contributed by atoms with Gasteiger partial charge in [-0.25, -0.2) is 4.98 Å². The number of hydrogen-bond donors (Lipinski definition) is 0. The minimum atomic E-state index is -0.0682. The zero-order chi connectivity index (χ0) is 24.4. The Bertz CT molecular complexity index is 1350. The average Bonchev–Trinajstić information content (AvgIpc) is 3.45. The van der Waals surface area contributed by atoms with Gasteiger partial charge in [-0.05, 0) is 48.5 Å². The molecule has 0 bridgehead atoms. The highest BCUT2D eigenvalue weighted by Crippen LogP contribution is 2.39. The van der Waals surface area contributed by atoms with E-state index in [1.165, 1.54) is 0 Å². The van der Waals surface area contributed by atoms with Crippen molar-refractivity contribution >= 4 is 34.2 Å². The number of hydrogen-bond acceptors (Lipinski definition) is 5. The maximum atomic E-state index is 13.1. The van der Waals surface area contributed by atoms with Gasteiger partial charge in [0, 0.05) is 30.0 Å². The van der Waals surface area contributed by atoms with Crippen LogP contribution in [0, 0.1) is 0 Å². The second-order valence-electron chi connectivity index (χ2n) is 8.36. The van der Waals surface area contributed by atoms with Gasteiger partial charge in [0.15, 0.2) is 0 Å². The number of rotatable bonds is 8. The summed E-state index contributed by atoms with van der Waals surface area (Å²) in [6.07, 6.45) is 0.363. The number of ether oxygens (including phenoxy) is 3. The summed E-state index contributed by atoms with van der Waals surface area (Å²) in [5.74, 6) is 2.89. The second kappa shape index (κ2) is 9.88. The Balaban J connectivity index is 1.42. The normalized spacial score (nSPS) is 15.6. The second-order valence-corrected chi connectivity index (χ2v) is 8.79. The Morgan fingerprint density at radius 2 is 1.77 bits per heavy atom. The third-order valence-corrected chi connectivity index (χ3v) is 6.50. The fourth-order valence-corrected chi connectivity index (χ4v) is 4.67. The standard InChI is InChI=1S/C27H26ClN3O4/c1-33-21-11-12-25(34-2)24(16-21)31-17-18(15-26(31)32)27-29-22-5-3-4-6-23(22)30(27)13-14-35-20-9-7-19(28)8-10-20/h3-12,16,18H,13-15,17H2,1-2H3. The number of carbonyl (C=O) groups excluding carboxylic acids is 1. The molecule has 0 N–H and O–H groups in total. The van der Waals surface area contributed by atoms with Crippen LogP contribution in [0.5, 0.6) is 17.2 Å². The number of imidazole rings is 1. The van der Waals surface area contributed by atoms with Crippen LogP contribution in [-0.2, 0) is 11.3 Å². The van der Waals surface area contributed by atoms with E-state index < -0.39 is 0 Å². The summed E-state index contributed by atoms with van der Waals surface area (Å²) in [5, 5.41) is 0.670. The van der Waals surface area contributed by atoms with E-state index in [1.807, 2.05) is 54.6 Å². The quantitative estimate of drug-likeness (QED) is 0.334. The van der Waals surface area contributed by atoms with Crippen molar-refractivity contribution < 1.29 is 19.0 Å². The van der Waals surface area contributed by atoms with Crippen molar-refractivity contribution in [2.75, 3.05) is 32.3 Å². The van der Waals surface area contributed by atoms with E-state index in [1.54, 1.807) is 31.3 Å². The molecule has 1 fully saturated rings. The molecule has 4 aromatic rings. The van der Waals surface area contributed by atoms with Crippen LogP contribution >= 0.6 is 11.6 Å². The van der Waals surface area contributed by atoms with E-state index in [9.17, 15) is 4.79 Å². The predicted octanol–water partition coefficient (Wildman–Crippen LogP) is 5.31. The van der Waals surface area contributed by atoms with Crippen molar-refractivity contribution in [3.8, 4) is 17.2 Å². The Morgan fingerprint density at radius 1 is 1.00 bits per heavy atom. The summed E-state index contributed by atoms with van der Waals surface area (Å²) in [5.41, 5.74) is 2.62. The lowest BCUT2D eigenvalue weighted by molar-refractivity contribution is -0.117. The largest absolute Gasteiger partial charge is 0.497 e. The lowest BCUT2D eigenvalue weighted by Crippen LogP contribution is -2.25. The van der Waals surface area contributed by atoms with E-state index in [4.69, 9.17) is 30.8 Å². The Morgan fingerprint density at radius 3 is 2.54 bits per heavy atom. The molecule has 180 valence electrons. The molecule has 5 rings (SSSR count). The highest BCUT2D eigenvalue weighted by atomic mass is 35.5. The fourth-order valence-electron chi connectivity index (χ4n) is 4.55. The van der Waals surface area contributed by atoms with E-state index in [-0.39, 0.29) is 11.8 Å². The van der Waals surface area contributed by atoms with Gasteiger partial charge < -0.3 is 23.7 Å². The Labute approximate surface area is 208 Å². The monoisotopic (exact) mass is 491 g/mol. The van der Waals surface area contributed by atoms with Crippen molar-refractivity contribution in [1.82, 2.24) is 9.55 Å². The maximum Gasteiger partial charge on any atom is 0.227 e. The third kappa shape index (κ3) is 4.64. The highest BCUT2D eigenvalue weighted by molar-refractivity contribution is 6.30. The van der Waals surface area contributed by atoms with Gasteiger partial charge in [-0.15, -0.1) is 0 Å². The first kappa shape index (κ1) is 23.1. The molecule has 1 aromatic heterocycles. The molecule has 0 saturated carbocycles. The Hall–Kier alpha value is -3.71. The number of benzene rings is 3. The van der Waals surface area contributed by atoms with E-state index in [0.717, 1.165) is 22.6 Å². The number of aromatic nitrogens is 2. The third-order valence-electron chi connectivity index (χ3n) is 6.25. The summed E-state index contributed by atoms with van der Waals surface area (Å²) < 4.78 is 19.0. The molecule has 3 aromatic carbocycles. The summed E-state index contributed by atoms with van der Waals surface area (Å²) in [6, 6.07) is 20.8. The van der Waals surface area contributed by atoms with Crippen molar-refractivity contribution in [2.45, 2.75) is 18.9 Å². The van der Waals surface area contributed by atoms with Gasteiger partial charge in [0.2, 0.25) is 5.91 Å². The smallest absolute Gasteiger partial charge is 0.227 e. The number of methoxy groups -OCH3 is 2. The predicted molar refractivity (Wildman–Crippen MR) is 136 cm³/mol. The lowest BCUT2D eigenvalue weighted by atomic mass is 10.1. The molecular formula is C27H26ClN3O4. The van der Waals surface area contributed by atoms with E-state index in [0.29, 0.717) is 48.3 Å². The number of para-hydroxylation sites is 2. The lowest BCUT2D eigenvalue weighted by Gasteiger charge is -2.20. The van der Waals surface area contributed by atoms with Crippen molar-refractivity contribution in [1.29, 1.82) is 0 Å². The average molecular weight is 492 g/mol. The molecule has 1 aliphatic rings. The molecule has 2 heterocycles. The van der Waals surface area contributed by atoms with Crippen LogP contribution in [0.3, 0.4) is 0 Å². The number of nitrogens with zero attached hydrogens (tertiary/aromatic N) is 3. The molecule has 0 aliphatic carbocycles. The molecule has 1 saturated heterocycles. The van der Waals surface area contributed by atoms with Gasteiger partial charge in [0.1, 0.15) is 29.7 Å². The maximum absolute atomic E-state index is 13.1. The molecule has 0 radical (unpaired) electrons. The first-order valence-electron chi connectivity index (χ1n) is 11.4. The molecule has 8 heteroatoms. The van der Waals surface area contributed by atoms with Crippen LogP contribution in [0.25, 0.3) is 11.0 Å². The first-order chi connectivity index (χ1) is 17.1. The summed E-state index contributed by atoms with van der Waals surface area (Å²) >= 11 is 5.98. The van der Waals surface area contributed by atoms with Gasteiger partial charge in [-0.2, -0.15) is 0 Å². The summed E-state index contributed by atoms with van der Waals surface area (Å²) in [4.78, 5) is 19.8. The SMILES string of the molecule is COc1ccc(OC)c(N2CC(c3nc4ccccc4n3CCOc3ccc(Cl)cc3)CC2=O)c1. The molecule has 1 amide bonds. The minimum absolute atomic E-state index is 0.0255.